The van der Waals surface area contributed by atoms with Crippen LogP contribution in [0.3, 0.4) is 0 Å². The highest BCUT2D eigenvalue weighted by Crippen LogP contribution is 2.25. The number of nitro groups is 1. The molecular weight excluding hydrogens is 270 g/mol. The molecule has 6 heteroatoms. The van der Waals surface area contributed by atoms with Gasteiger partial charge in [-0.2, -0.15) is 0 Å². The number of anilines is 1. The van der Waals surface area contributed by atoms with Crippen LogP contribution in [-0.4, -0.2) is 23.9 Å². The summed E-state index contributed by atoms with van der Waals surface area (Å²) in [6.07, 6.45) is 1.99. The maximum absolute atomic E-state index is 12.1. The molecule has 0 unspecified atom stereocenters. The average Bonchev–Trinajstić information content (AvgIpc) is 2.48. The fraction of sp³-hybridized carbons (Fsp3) is 0.533. The van der Waals surface area contributed by atoms with E-state index >= 15 is 0 Å². The highest BCUT2D eigenvalue weighted by Gasteiger charge is 2.17. The van der Waals surface area contributed by atoms with Gasteiger partial charge in [0.15, 0.2) is 0 Å². The first-order valence-electron chi connectivity index (χ1n) is 7.33. The van der Waals surface area contributed by atoms with Gasteiger partial charge < -0.3 is 10.6 Å². The van der Waals surface area contributed by atoms with Crippen LogP contribution in [0.4, 0.5) is 11.4 Å². The van der Waals surface area contributed by atoms with Crippen molar-refractivity contribution in [2.45, 2.75) is 33.6 Å². The Morgan fingerprint density at radius 2 is 1.95 bits per heavy atom. The monoisotopic (exact) mass is 293 g/mol. The Bertz CT molecular complexity index is 499. The molecule has 0 spiro atoms. The lowest BCUT2D eigenvalue weighted by Gasteiger charge is -2.13. The Kier molecular flexibility index (Phi) is 6.65. The Hall–Kier alpha value is -2.11. The number of benzene rings is 1. The van der Waals surface area contributed by atoms with Gasteiger partial charge in [-0.3, -0.25) is 14.9 Å². The number of carbonyl (C=O) groups excluding carboxylic acids is 1. The summed E-state index contributed by atoms with van der Waals surface area (Å²) < 4.78 is 0. The summed E-state index contributed by atoms with van der Waals surface area (Å²) in [6, 6.07) is 4.50. The third-order valence-corrected chi connectivity index (χ3v) is 3.53. The Morgan fingerprint density at radius 1 is 1.29 bits per heavy atom. The molecular formula is C15H23N3O3. The van der Waals surface area contributed by atoms with E-state index in [0.29, 0.717) is 30.3 Å². The molecule has 0 saturated heterocycles. The molecule has 2 N–H and O–H groups in total. The van der Waals surface area contributed by atoms with Crippen LogP contribution >= 0.6 is 0 Å². The third-order valence-electron chi connectivity index (χ3n) is 3.53. The average molecular weight is 293 g/mol. The fourth-order valence-electron chi connectivity index (χ4n) is 2.08. The number of carbonyl (C=O) groups is 1. The number of hydrogen-bond donors (Lipinski definition) is 2. The van der Waals surface area contributed by atoms with E-state index in [1.807, 2.05) is 6.92 Å². The second kappa shape index (κ2) is 8.24. The predicted octanol–water partition coefficient (Wildman–Crippen LogP) is 3.19. The van der Waals surface area contributed by atoms with Gasteiger partial charge in [-0.15, -0.1) is 0 Å². The van der Waals surface area contributed by atoms with Crippen LogP contribution in [-0.2, 0) is 0 Å². The van der Waals surface area contributed by atoms with Crippen LogP contribution in [0.1, 0.15) is 44.0 Å². The van der Waals surface area contributed by atoms with Crippen LogP contribution in [0.25, 0.3) is 0 Å². The summed E-state index contributed by atoms with van der Waals surface area (Å²) >= 11 is 0. The second-order valence-electron chi connectivity index (χ2n) is 4.91. The molecule has 0 fully saturated rings. The molecule has 0 aliphatic carbocycles. The van der Waals surface area contributed by atoms with Crippen molar-refractivity contribution in [3.8, 4) is 0 Å². The van der Waals surface area contributed by atoms with Crippen molar-refractivity contribution in [2.24, 2.45) is 5.92 Å². The van der Waals surface area contributed by atoms with E-state index in [0.717, 1.165) is 12.8 Å². The summed E-state index contributed by atoms with van der Waals surface area (Å²) in [4.78, 5) is 22.7. The number of hydrogen-bond acceptors (Lipinski definition) is 4. The minimum Gasteiger partial charge on any atom is -0.380 e. The van der Waals surface area contributed by atoms with Crippen LogP contribution in [0, 0.1) is 16.0 Å². The van der Waals surface area contributed by atoms with E-state index in [1.54, 1.807) is 12.1 Å². The molecule has 1 aromatic carbocycles. The molecule has 1 rings (SSSR count). The minimum atomic E-state index is -0.477. The van der Waals surface area contributed by atoms with E-state index in [1.165, 1.54) is 6.07 Å². The zero-order valence-electron chi connectivity index (χ0n) is 12.8. The van der Waals surface area contributed by atoms with Crippen LogP contribution in [0.15, 0.2) is 18.2 Å². The van der Waals surface area contributed by atoms with Gasteiger partial charge in [-0.1, -0.05) is 26.7 Å². The van der Waals surface area contributed by atoms with E-state index in [-0.39, 0.29) is 11.6 Å². The molecule has 0 aliphatic heterocycles. The van der Waals surface area contributed by atoms with Gasteiger partial charge in [-0.25, -0.2) is 0 Å². The molecule has 6 nitrogen and oxygen atoms in total. The number of nitrogens with zero attached hydrogens (tertiary/aromatic N) is 1. The molecule has 0 aromatic heterocycles. The van der Waals surface area contributed by atoms with E-state index in [9.17, 15) is 14.9 Å². The van der Waals surface area contributed by atoms with E-state index in [2.05, 4.69) is 24.5 Å². The van der Waals surface area contributed by atoms with Crippen LogP contribution in [0.2, 0.25) is 0 Å². The zero-order chi connectivity index (χ0) is 15.8. The molecule has 0 aliphatic rings. The molecule has 1 aromatic rings. The first-order chi connectivity index (χ1) is 10.0. The van der Waals surface area contributed by atoms with Gasteiger partial charge in [0.05, 0.1) is 4.92 Å². The van der Waals surface area contributed by atoms with Gasteiger partial charge in [0.2, 0.25) is 0 Å². The molecule has 0 bridgehead atoms. The largest absolute Gasteiger partial charge is 0.380 e. The summed E-state index contributed by atoms with van der Waals surface area (Å²) in [5.74, 6) is 0.165. The SMILES string of the molecule is CCNc1ccc(C(=O)NCC(CC)CC)cc1[N+](=O)[O-]. The number of nitrogens with one attached hydrogen (secondary N) is 2. The second-order valence-corrected chi connectivity index (χ2v) is 4.91. The first kappa shape index (κ1) is 16.9. The van der Waals surface area contributed by atoms with Crippen LogP contribution < -0.4 is 10.6 Å². The van der Waals surface area contributed by atoms with E-state index < -0.39 is 4.92 Å². The van der Waals surface area contributed by atoms with Crippen molar-refractivity contribution in [2.75, 3.05) is 18.4 Å². The molecule has 21 heavy (non-hydrogen) atoms. The Labute approximate surface area is 125 Å². The van der Waals surface area contributed by atoms with Crippen molar-refractivity contribution < 1.29 is 9.72 Å². The number of rotatable bonds is 8. The molecule has 116 valence electrons. The number of nitro benzene ring substituents is 1. The van der Waals surface area contributed by atoms with Gasteiger partial charge in [0.25, 0.3) is 11.6 Å². The van der Waals surface area contributed by atoms with E-state index in [4.69, 9.17) is 0 Å². The van der Waals surface area contributed by atoms with Crippen LogP contribution in [0.5, 0.6) is 0 Å². The van der Waals surface area contributed by atoms with Crippen molar-refractivity contribution in [1.82, 2.24) is 5.32 Å². The fourth-order valence-corrected chi connectivity index (χ4v) is 2.08. The summed E-state index contributed by atoms with van der Waals surface area (Å²) in [6.45, 7) is 7.20. The molecule has 0 heterocycles. The minimum absolute atomic E-state index is 0.0768. The normalized spacial score (nSPS) is 10.5. The zero-order valence-corrected chi connectivity index (χ0v) is 12.8. The third kappa shape index (κ3) is 4.73. The molecule has 0 saturated carbocycles. The smallest absolute Gasteiger partial charge is 0.293 e. The maximum Gasteiger partial charge on any atom is 0.293 e. The lowest BCUT2D eigenvalue weighted by atomic mass is 10.0. The van der Waals surface area contributed by atoms with Gasteiger partial charge >= 0.3 is 0 Å². The predicted molar refractivity (Wildman–Crippen MR) is 83.7 cm³/mol. The van der Waals surface area contributed by atoms with Crippen molar-refractivity contribution in [3.05, 3.63) is 33.9 Å². The molecule has 1 amide bonds. The summed E-state index contributed by atoms with van der Waals surface area (Å²) in [5.41, 5.74) is 0.667. The summed E-state index contributed by atoms with van der Waals surface area (Å²) in [7, 11) is 0. The standard InChI is InChI=1S/C15H23N3O3/c1-4-11(5-2)10-17-15(19)12-7-8-13(16-6-3)14(9-12)18(20)21/h7-9,11,16H,4-6,10H2,1-3H3,(H,17,19). The quantitative estimate of drug-likeness (QED) is 0.569. The Morgan fingerprint density at radius 3 is 2.48 bits per heavy atom. The van der Waals surface area contributed by atoms with Gasteiger partial charge in [0.1, 0.15) is 5.69 Å². The number of amides is 1. The highest BCUT2D eigenvalue weighted by atomic mass is 16.6. The van der Waals surface area contributed by atoms with Crippen molar-refractivity contribution in [1.29, 1.82) is 0 Å². The van der Waals surface area contributed by atoms with Gasteiger partial charge in [0, 0.05) is 24.7 Å². The lowest BCUT2D eigenvalue weighted by molar-refractivity contribution is -0.384. The first-order valence-corrected chi connectivity index (χ1v) is 7.33. The van der Waals surface area contributed by atoms with Gasteiger partial charge in [-0.05, 0) is 25.0 Å². The highest BCUT2D eigenvalue weighted by molar-refractivity contribution is 5.95. The Balaban J connectivity index is 2.85. The molecule has 0 atom stereocenters. The maximum atomic E-state index is 12.1. The lowest BCUT2D eigenvalue weighted by Crippen LogP contribution is -2.29. The summed E-state index contributed by atoms with van der Waals surface area (Å²) in [5, 5.41) is 16.8. The van der Waals surface area contributed by atoms with Crippen molar-refractivity contribution >= 4 is 17.3 Å². The molecule has 0 radical (unpaired) electrons. The van der Waals surface area contributed by atoms with Crippen molar-refractivity contribution in [3.63, 3.8) is 0 Å². The topological polar surface area (TPSA) is 84.3 Å².